The van der Waals surface area contributed by atoms with E-state index in [-0.39, 0.29) is 0 Å². The summed E-state index contributed by atoms with van der Waals surface area (Å²) in [7, 11) is 0. The first-order chi connectivity index (χ1) is 8.15. The van der Waals surface area contributed by atoms with Crippen LogP contribution in [0, 0.1) is 17.8 Å². The van der Waals surface area contributed by atoms with E-state index in [0.717, 1.165) is 30.3 Å². The van der Waals surface area contributed by atoms with Crippen LogP contribution in [0.1, 0.15) is 52.9 Å². The highest BCUT2D eigenvalue weighted by Crippen LogP contribution is 2.36. The molecule has 1 saturated heterocycles. The molecule has 0 spiro atoms. The summed E-state index contributed by atoms with van der Waals surface area (Å²) < 4.78 is 0. The van der Waals surface area contributed by atoms with Crippen molar-refractivity contribution < 1.29 is 0 Å². The quantitative estimate of drug-likeness (QED) is 0.801. The van der Waals surface area contributed by atoms with Gasteiger partial charge in [0, 0.05) is 18.6 Å². The van der Waals surface area contributed by atoms with Gasteiger partial charge in [-0.3, -0.25) is 4.90 Å². The smallest absolute Gasteiger partial charge is 0.0247 e. The van der Waals surface area contributed by atoms with Crippen molar-refractivity contribution in [2.24, 2.45) is 23.5 Å². The lowest BCUT2D eigenvalue weighted by Crippen LogP contribution is -2.56. The van der Waals surface area contributed by atoms with Gasteiger partial charge in [0.1, 0.15) is 0 Å². The highest BCUT2D eigenvalue weighted by atomic mass is 15.2. The molecule has 2 fully saturated rings. The summed E-state index contributed by atoms with van der Waals surface area (Å²) in [6.07, 6.45) is 6.98. The summed E-state index contributed by atoms with van der Waals surface area (Å²) in [6, 6.07) is 1.44. The predicted molar refractivity (Wildman–Crippen MR) is 73.9 cm³/mol. The molecule has 2 nitrogen and oxygen atoms in total. The van der Waals surface area contributed by atoms with Crippen LogP contribution in [0.15, 0.2) is 0 Å². The molecule has 5 atom stereocenters. The molecule has 2 rings (SSSR count). The first-order valence-electron chi connectivity index (χ1n) is 7.61. The molecule has 0 radical (unpaired) electrons. The third-order valence-corrected chi connectivity index (χ3v) is 5.49. The summed E-state index contributed by atoms with van der Waals surface area (Å²) in [4.78, 5) is 2.77. The lowest BCUT2D eigenvalue weighted by molar-refractivity contribution is 0.00633. The highest BCUT2D eigenvalue weighted by molar-refractivity contribution is 4.92. The number of piperidine rings is 1. The van der Waals surface area contributed by atoms with Crippen LogP contribution in [0.5, 0.6) is 0 Å². The number of likely N-dealkylation sites (tertiary alicyclic amines) is 1. The molecule has 1 aliphatic carbocycles. The number of rotatable bonds is 2. The molecule has 2 aliphatic rings. The molecule has 0 amide bonds. The van der Waals surface area contributed by atoms with E-state index in [1.165, 1.54) is 38.6 Å². The minimum atomic E-state index is 0.640. The Hall–Kier alpha value is -0.0800. The average Bonchev–Trinajstić information content (AvgIpc) is 2.32. The molecule has 1 aliphatic heterocycles. The summed E-state index contributed by atoms with van der Waals surface area (Å²) in [5.74, 6) is 2.53. The predicted octanol–water partition coefficient (Wildman–Crippen LogP) is 2.87. The fourth-order valence-electron chi connectivity index (χ4n) is 4.08. The average molecular weight is 238 g/mol. The van der Waals surface area contributed by atoms with Crippen LogP contribution in [0.25, 0.3) is 0 Å². The van der Waals surface area contributed by atoms with Crippen molar-refractivity contribution in [1.29, 1.82) is 0 Å². The molecule has 0 bridgehead atoms. The first-order valence-corrected chi connectivity index (χ1v) is 7.61. The third kappa shape index (κ3) is 2.68. The Kier molecular flexibility index (Phi) is 4.48. The topological polar surface area (TPSA) is 29.3 Å². The summed E-state index contributed by atoms with van der Waals surface area (Å²) >= 11 is 0. The zero-order valence-corrected chi connectivity index (χ0v) is 11.9. The maximum Gasteiger partial charge on any atom is 0.0247 e. The molecule has 2 N–H and O–H groups in total. The van der Waals surface area contributed by atoms with E-state index in [9.17, 15) is 0 Å². The summed E-state index contributed by atoms with van der Waals surface area (Å²) in [5, 5.41) is 0. The van der Waals surface area contributed by atoms with E-state index in [4.69, 9.17) is 5.73 Å². The minimum Gasteiger partial charge on any atom is -0.329 e. The van der Waals surface area contributed by atoms with E-state index < -0.39 is 0 Å². The van der Waals surface area contributed by atoms with Crippen LogP contribution in [0.2, 0.25) is 0 Å². The Balaban J connectivity index is 2.08. The van der Waals surface area contributed by atoms with Crippen molar-refractivity contribution in [2.75, 3.05) is 13.1 Å². The number of nitrogens with two attached hydrogens (primary N) is 1. The van der Waals surface area contributed by atoms with Crippen LogP contribution < -0.4 is 5.73 Å². The Bertz CT molecular complexity index is 241. The van der Waals surface area contributed by atoms with Crippen LogP contribution >= 0.6 is 0 Å². The fourth-order valence-corrected chi connectivity index (χ4v) is 4.08. The molecular formula is C15H30N2. The van der Waals surface area contributed by atoms with Crippen molar-refractivity contribution in [1.82, 2.24) is 4.90 Å². The van der Waals surface area contributed by atoms with Gasteiger partial charge in [-0.15, -0.1) is 0 Å². The standard InChI is InChI=1S/C15H30N2/c1-11-6-4-8-14(13(11)3)17-9-5-7-12(2)15(17)10-16/h11-15H,4-10,16H2,1-3H3. The van der Waals surface area contributed by atoms with Gasteiger partial charge >= 0.3 is 0 Å². The van der Waals surface area contributed by atoms with Crippen LogP contribution in [-0.4, -0.2) is 30.1 Å². The van der Waals surface area contributed by atoms with Gasteiger partial charge in [0.05, 0.1) is 0 Å². The van der Waals surface area contributed by atoms with Gasteiger partial charge in [-0.05, 0) is 43.6 Å². The van der Waals surface area contributed by atoms with Gasteiger partial charge in [0.2, 0.25) is 0 Å². The monoisotopic (exact) mass is 238 g/mol. The second kappa shape index (κ2) is 5.71. The summed E-state index contributed by atoms with van der Waals surface area (Å²) in [6.45, 7) is 9.41. The minimum absolute atomic E-state index is 0.640. The normalized spacial score (nSPS) is 44.8. The van der Waals surface area contributed by atoms with E-state index in [1.807, 2.05) is 0 Å². The van der Waals surface area contributed by atoms with Gasteiger partial charge in [-0.25, -0.2) is 0 Å². The molecular weight excluding hydrogens is 208 g/mol. The lowest BCUT2D eigenvalue weighted by atomic mass is 9.75. The molecule has 0 aromatic heterocycles. The zero-order chi connectivity index (χ0) is 12.4. The largest absolute Gasteiger partial charge is 0.329 e. The fraction of sp³-hybridized carbons (Fsp3) is 1.00. The maximum atomic E-state index is 6.03. The van der Waals surface area contributed by atoms with Crippen molar-refractivity contribution in [3.8, 4) is 0 Å². The van der Waals surface area contributed by atoms with Gasteiger partial charge in [0.15, 0.2) is 0 Å². The molecule has 1 heterocycles. The molecule has 17 heavy (non-hydrogen) atoms. The van der Waals surface area contributed by atoms with Crippen molar-refractivity contribution in [2.45, 2.75) is 65.0 Å². The Labute approximate surface area is 107 Å². The maximum absolute atomic E-state index is 6.03. The Morgan fingerprint density at radius 1 is 1.00 bits per heavy atom. The van der Waals surface area contributed by atoms with Crippen LogP contribution in [0.4, 0.5) is 0 Å². The molecule has 0 aromatic carbocycles. The molecule has 0 aromatic rings. The highest BCUT2D eigenvalue weighted by Gasteiger charge is 2.37. The van der Waals surface area contributed by atoms with E-state index in [1.54, 1.807) is 0 Å². The van der Waals surface area contributed by atoms with E-state index in [0.29, 0.717) is 6.04 Å². The first kappa shape index (κ1) is 13.4. The van der Waals surface area contributed by atoms with Crippen molar-refractivity contribution in [3.05, 3.63) is 0 Å². The van der Waals surface area contributed by atoms with Crippen LogP contribution in [0.3, 0.4) is 0 Å². The van der Waals surface area contributed by atoms with E-state index >= 15 is 0 Å². The number of nitrogens with zero attached hydrogens (tertiary/aromatic N) is 1. The zero-order valence-electron chi connectivity index (χ0n) is 11.9. The lowest BCUT2D eigenvalue weighted by Gasteiger charge is -2.49. The Morgan fingerprint density at radius 2 is 1.71 bits per heavy atom. The number of hydrogen-bond acceptors (Lipinski definition) is 2. The second-order valence-electron chi connectivity index (χ2n) is 6.50. The van der Waals surface area contributed by atoms with E-state index in [2.05, 4.69) is 25.7 Å². The number of hydrogen-bond donors (Lipinski definition) is 1. The van der Waals surface area contributed by atoms with Crippen LogP contribution in [-0.2, 0) is 0 Å². The molecule has 5 unspecified atom stereocenters. The SMILES string of the molecule is CC1CCCC(N2CCCC(C)C2CN)C1C. The van der Waals surface area contributed by atoms with Gasteiger partial charge < -0.3 is 5.73 Å². The summed E-state index contributed by atoms with van der Waals surface area (Å²) in [5.41, 5.74) is 6.03. The van der Waals surface area contributed by atoms with Crippen molar-refractivity contribution in [3.63, 3.8) is 0 Å². The molecule has 100 valence electrons. The van der Waals surface area contributed by atoms with Gasteiger partial charge in [0.25, 0.3) is 0 Å². The van der Waals surface area contributed by atoms with Gasteiger partial charge in [-0.2, -0.15) is 0 Å². The second-order valence-corrected chi connectivity index (χ2v) is 6.50. The van der Waals surface area contributed by atoms with Crippen molar-refractivity contribution >= 4 is 0 Å². The molecule has 2 heteroatoms. The molecule has 1 saturated carbocycles. The van der Waals surface area contributed by atoms with Gasteiger partial charge in [-0.1, -0.05) is 33.6 Å². The third-order valence-electron chi connectivity index (χ3n) is 5.49. The Morgan fingerprint density at radius 3 is 2.41 bits per heavy atom.